The van der Waals surface area contributed by atoms with Crippen molar-refractivity contribution in [3.63, 3.8) is 0 Å². The zero-order chi connectivity index (χ0) is 15.8. The molecule has 0 spiro atoms. The number of ether oxygens (including phenoxy) is 1. The molecule has 7 heteroatoms. The molecule has 3 saturated heterocycles. The van der Waals surface area contributed by atoms with Crippen LogP contribution in [0.15, 0.2) is 18.3 Å². The molecule has 0 saturated carbocycles. The minimum Gasteiger partial charge on any atom is -0.420 e. The van der Waals surface area contributed by atoms with Crippen molar-refractivity contribution < 1.29 is 9.53 Å². The van der Waals surface area contributed by atoms with E-state index in [9.17, 15) is 4.79 Å². The predicted molar refractivity (Wildman–Crippen MR) is 91.7 cm³/mol. The van der Waals surface area contributed by atoms with E-state index in [4.69, 9.17) is 4.74 Å². The number of piperidine rings is 3. The number of thiazole rings is 1. The standard InChI is InChI=1S/C16H19N3O2S2/c1-10-8-17-16(22-10)21-14-3-2-13(23-14)15(20)18-12-9-19-6-4-11(12)5-7-19/h2-3,8,11-12H,4-7,9H2,1H3,(H,18,20)/t12-/m0/s1. The molecule has 2 aromatic rings. The first-order valence-electron chi connectivity index (χ1n) is 7.91. The Kier molecular flexibility index (Phi) is 4.09. The summed E-state index contributed by atoms with van der Waals surface area (Å²) in [6, 6.07) is 3.96. The fourth-order valence-electron chi connectivity index (χ4n) is 3.33. The maximum absolute atomic E-state index is 12.5. The number of fused-ring (bicyclic) bond motifs is 3. The smallest absolute Gasteiger partial charge is 0.279 e. The van der Waals surface area contributed by atoms with Gasteiger partial charge in [0.25, 0.3) is 11.1 Å². The molecule has 0 aliphatic carbocycles. The van der Waals surface area contributed by atoms with Gasteiger partial charge in [0.15, 0.2) is 5.06 Å². The Bertz CT molecular complexity index is 704. The molecular formula is C16H19N3O2S2. The molecule has 3 aliphatic heterocycles. The van der Waals surface area contributed by atoms with Gasteiger partial charge in [0.05, 0.1) is 4.88 Å². The molecule has 0 unspecified atom stereocenters. The van der Waals surface area contributed by atoms with Gasteiger partial charge in [-0.05, 0) is 50.9 Å². The first kappa shape index (κ1) is 15.1. The molecule has 5 rings (SSSR count). The highest BCUT2D eigenvalue weighted by molar-refractivity contribution is 7.16. The highest BCUT2D eigenvalue weighted by Crippen LogP contribution is 2.32. The molecule has 5 heterocycles. The molecule has 1 N–H and O–H groups in total. The minimum atomic E-state index is 0.0129. The second kappa shape index (κ2) is 6.22. The Hall–Kier alpha value is -1.44. The molecule has 2 aromatic heterocycles. The lowest BCUT2D eigenvalue weighted by molar-refractivity contribution is 0.0622. The van der Waals surface area contributed by atoms with Crippen LogP contribution in [0.5, 0.6) is 10.3 Å². The Morgan fingerprint density at radius 2 is 2.17 bits per heavy atom. The third kappa shape index (κ3) is 3.27. The van der Waals surface area contributed by atoms with Gasteiger partial charge >= 0.3 is 0 Å². The van der Waals surface area contributed by atoms with Gasteiger partial charge in [0.2, 0.25) is 0 Å². The first-order valence-corrected chi connectivity index (χ1v) is 9.54. The summed E-state index contributed by atoms with van der Waals surface area (Å²) in [6.07, 6.45) is 4.19. The van der Waals surface area contributed by atoms with E-state index in [1.165, 1.54) is 48.6 Å². The van der Waals surface area contributed by atoms with E-state index in [1.54, 1.807) is 6.20 Å². The summed E-state index contributed by atoms with van der Waals surface area (Å²) in [6.45, 7) is 5.35. The average molecular weight is 349 g/mol. The van der Waals surface area contributed by atoms with E-state index in [1.807, 2.05) is 19.1 Å². The second-order valence-corrected chi connectivity index (χ2v) is 8.42. The number of amides is 1. The molecule has 0 aromatic carbocycles. The number of hydrogen-bond donors (Lipinski definition) is 1. The molecule has 3 fully saturated rings. The van der Waals surface area contributed by atoms with Gasteiger partial charge in [-0.3, -0.25) is 4.79 Å². The van der Waals surface area contributed by atoms with Crippen molar-refractivity contribution in [3.05, 3.63) is 28.1 Å². The van der Waals surface area contributed by atoms with E-state index in [0.717, 1.165) is 11.4 Å². The van der Waals surface area contributed by atoms with Crippen molar-refractivity contribution in [1.29, 1.82) is 0 Å². The van der Waals surface area contributed by atoms with Crippen LogP contribution in [0.4, 0.5) is 0 Å². The van der Waals surface area contributed by atoms with Crippen LogP contribution >= 0.6 is 22.7 Å². The van der Waals surface area contributed by atoms with E-state index in [-0.39, 0.29) is 11.9 Å². The fraction of sp³-hybridized carbons (Fsp3) is 0.500. The molecule has 23 heavy (non-hydrogen) atoms. The lowest BCUT2D eigenvalue weighted by atomic mass is 9.84. The van der Waals surface area contributed by atoms with Crippen LogP contribution in [0.3, 0.4) is 0 Å². The van der Waals surface area contributed by atoms with Crippen molar-refractivity contribution in [1.82, 2.24) is 15.2 Å². The summed E-state index contributed by atoms with van der Waals surface area (Å²) in [4.78, 5) is 20.9. The Labute approximate surface area is 143 Å². The number of carbonyl (C=O) groups excluding carboxylic acids is 1. The van der Waals surface area contributed by atoms with Crippen LogP contribution in [-0.2, 0) is 0 Å². The minimum absolute atomic E-state index is 0.0129. The molecular weight excluding hydrogens is 330 g/mol. The zero-order valence-corrected chi connectivity index (χ0v) is 14.6. The first-order chi connectivity index (χ1) is 11.2. The van der Waals surface area contributed by atoms with Gasteiger partial charge in [-0.2, -0.15) is 0 Å². The van der Waals surface area contributed by atoms with E-state index in [2.05, 4.69) is 15.2 Å². The average Bonchev–Trinajstić information content (AvgIpc) is 3.18. The van der Waals surface area contributed by atoms with Crippen LogP contribution in [0.2, 0.25) is 0 Å². The van der Waals surface area contributed by atoms with E-state index < -0.39 is 0 Å². The summed E-state index contributed by atoms with van der Waals surface area (Å²) in [5.74, 6) is 0.650. The number of carbonyl (C=O) groups is 1. The van der Waals surface area contributed by atoms with Gasteiger partial charge in [0.1, 0.15) is 0 Å². The van der Waals surface area contributed by atoms with Gasteiger partial charge in [-0.1, -0.05) is 22.7 Å². The summed E-state index contributed by atoms with van der Waals surface area (Å²) < 4.78 is 5.71. The lowest BCUT2D eigenvalue weighted by Gasteiger charge is -2.44. The molecule has 122 valence electrons. The van der Waals surface area contributed by atoms with Crippen molar-refractivity contribution in [2.24, 2.45) is 5.92 Å². The summed E-state index contributed by atoms with van der Waals surface area (Å²) in [5.41, 5.74) is 0. The van der Waals surface area contributed by atoms with Crippen LogP contribution in [0.25, 0.3) is 0 Å². The third-order valence-electron chi connectivity index (χ3n) is 4.57. The quantitative estimate of drug-likeness (QED) is 0.921. The highest BCUT2D eigenvalue weighted by Gasteiger charge is 2.35. The Balaban J connectivity index is 1.39. The fourth-order valence-corrected chi connectivity index (χ4v) is 4.76. The normalized spacial score (nSPS) is 26.2. The molecule has 3 aliphatic rings. The van der Waals surface area contributed by atoms with Gasteiger partial charge in [-0.15, -0.1) is 0 Å². The molecule has 0 radical (unpaired) electrons. The predicted octanol–water partition coefficient (Wildman–Crippen LogP) is 3.13. The van der Waals surface area contributed by atoms with Gasteiger partial charge in [0, 0.05) is 23.7 Å². The second-order valence-electron chi connectivity index (χ2n) is 6.18. The Morgan fingerprint density at radius 3 is 2.83 bits per heavy atom. The van der Waals surface area contributed by atoms with Crippen LogP contribution in [-0.4, -0.2) is 41.5 Å². The topological polar surface area (TPSA) is 54.5 Å². The molecule has 1 amide bonds. The van der Waals surface area contributed by atoms with Crippen molar-refractivity contribution in [2.45, 2.75) is 25.8 Å². The third-order valence-corrected chi connectivity index (χ3v) is 6.32. The SMILES string of the molecule is Cc1cnc(Oc2ccc(C(=O)N[C@H]3CN4CCC3CC4)s2)s1. The largest absolute Gasteiger partial charge is 0.420 e. The molecule has 1 atom stereocenters. The van der Waals surface area contributed by atoms with Crippen molar-refractivity contribution in [3.8, 4) is 10.3 Å². The number of hydrogen-bond acceptors (Lipinski definition) is 6. The summed E-state index contributed by atoms with van der Waals surface area (Å²) in [5, 5.41) is 4.54. The van der Waals surface area contributed by atoms with E-state index in [0.29, 0.717) is 21.1 Å². The number of nitrogens with zero attached hydrogens (tertiary/aromatic N) is 2. The molecule has 2 bridgehead atoms. The zero-order valence-electron chi connectivity index (χ0n) is 12.9. The van der Waals surface area contributed by atoms with Crippen molar-refractivity contribution >= 4 is 28.6 Å². The van der Waals surface area contributed by atoms with Gasteiger partial charge < -0.3 is 15.0 Å². The van der Waals surface area contributed by atoms with Crippen LogP contribution < -0.4 is 10.1 Å². The monoisotopic (exact) mass is 349 g/mol. The van der Waals surface area contributed by atoms with Crippen LogP contribution in [0, 0.1) is 12.8 Å². The maximum Gasteiger partial charge on any atom is 0.279 e. The number of rotatable bonds is 4. The van der Waals surface area contributed by atoms with Crippen molar-refractivity contribution in [2.75, 3.05) is 19.6 Å². The number of aryl methyl sites for hydroxylation is 1. The summed E-state index contributed by atoms with van der Waals surface area (Å²) >= 11 is 2.88. The molecule has 5 nitrogen and oxygen atoms in total. The Morgan fingerprint density at radius 1 is 1.35 bits per heavy atom. The van der Waals surface area contributed by atoms with Gasteiger partial charge in [-0.25, -0.2) is 4.98 Å². The van der Waals surface area contributed by atoms with Crippen LogP contribution in [0.1, 0.15) is 27.4 Å². The number of nitrogens with one attached hydrogen (secondary N) is 1. The number of thiophene rings is 1. The number of aromatic nitrogens is 1. The summed E-state index contributed by atoms with van der Waals surface area (Å²) in [7, 11) is 0. The highest BCUT2D eigenvalue weighted by atomic mass is 32.1. The lowest BCUT2D eigenvalue weighted by Crippen LogP contribution is -2.57. The maximum atomic E-state index is 12.5. The van der Waals surface area contributed by atoms with E-state index >= 15 is 0 Å².